The Morgan fingerprint density at radius 3 is 2.80 bits per heavy atom. The van der Waals surface area contributed by atoms with Crippen LogP contribution in [0.25, 0.3) is 0 Å². The molecular weight excluding hydrogens is 192 g/mol. The summed E-state index contributed by atoms with van der Waals surface area (Å²) in [5, 5.41) is 4.22. The number of aromatic nitrogens is 2. The van der Waals surface area contributed by atoms with E-state index in [-0.39, 0.29) is 0 Å². The third-order valence-corrected chi connectivity index (χ3v) is 2.49. The second-order valence-corrected chi connectivity index (χ2v) is 4.02. The van der Waals surface area contributed by atoms with Crippen molar-refractivity contribution in [2.24, 2.45) is 0 Å². The van der Waals surface area contributed by atoms with Crippen molar-refractivity contribution in [1.82, 2.24) is 9.78 Å². The highest BCUT2D eigenvalue weighted by Crippen LogP contribution is 2.42. The number of nitrogens with zero attached hydrogens (tertiary/aromatic N) is 2. The molecule has 0 atom stereocenters. The molecule has 1 aliphatic rings. The van der Waals surface area contributed by atoms with Crippen LogP contribution in [0.4, 0.5) is 0 Å². The van der Waals surface area contributed by atoms with E-state index in [9.17, 15) is 0 Å². The molecule has 2 nitrogen and oxygen atoms in total. The average Bonchev–Trinajstić information content (AvgIpc) is 2.45. The molecule has 1 aromatic rings. The summed E-state index contributed by atoms with van der Waals surface area (Å²) in [7, 11) is 0. The first kappa shape index (κ1) is 6.40. The van der Waals surface area contributed by atoms with Crippen LogP contribution in [-0.4, -0.2) is 9.78 Å². The molecule has 1 aromatic heterocycles. The predicted molar refractivity (Wildman–Crippen MR) is 42.8 cm³/mol. The Labute approximate surface area is 68.4 Å². The van der Waals surface area contributed by atoms with Crippen LogP contribution >= 0.6 is 15.9 Å². The molecule has 2 rings (SSSR count). The van der Waals surface area contributed by atoms with E-state index >= 15 is 0 Å². The van der Waals surface area contributed by atoms with Crippen LogP contribution in [0.1, 0.15) is 19.8 Å². The molecule has 3 heteroatoms. The first-order valence-corrected chi connectivity index (χ1v) is 4.21. The Bertz CT molecular complexity index is 250. The lowest BCUT2D eigenvalue weighted by molar-refractivity contribution is 0.472. The second kappa shape index (κ2) is 1.84. The van der Waals surface area contributed by atoms with Crippen molar-refractivity contribution < 1.29 is 0 Å². The van der Waals surface area contributed by atoms with Gasteiger partial charge in [0, 0.05) is 6.20 Å². The van der Waals surface area contributed by atoms with Crippen LogP contribution in [0.2, 0.25) is 0 Å². The smallest absolute Gasteiger partial charge is 0.0632 e. The second-order valence-electron chi connectivity index (χ2n) is 3.10. The van der Waals surface area contributed by atoms with Gasteiger partial charge in [-0.1, -0.05) is 0 Å². The lowest BCUT2D eigenvalue weighted by Gasteiger charge is -2.06. The third-order valence-electron chi connectivity index (χ3n) is 2.08. The summed E-state index contributed by atoms with van der Waals surface area (Å²) in [6.45, 7) is 2.23. The zero-order valence-corrected chi connectivity index (χ0v) is 7.43. The first-order chi connectivity index (χ1) is 4.71. The van der Waals surface area contributed by atoms with Gasteiger partial charge in [-0.05, 0) is 35.7 Å². The molecule has 1 fully saturated rings. The van der Waals surface area contributed by atoms with Gasteiger partial charge in [-0.25, -0.2) is 0 Å². The molecule has 0 radical (unpaired) electrons. The summed E-state index contributed by atoms with van der Waals surface area (Å²) in [6, 6.07) is 0. The largest absolute Gasteiger partial charge is 0.266 e. The Hall–Kier alpha value is -0.310. The minimum atomic E-state index is 0.339. The van der Waals surface area contributed by atoms with Gasteiger partial charge in [-0.15, -0.1) is 0 Å². The van der Waals surface area contributed by atoms with Crippen LogP contribution in [0.5, 0.6) is 0 Å². The monoisotopic (exact) mass is 200 g/mol. The summed E-state index contributed by atoms with van der Waals surface area (Å²) in [6.07, 6.45) is 6.40. The van der Waals surface area contributed by atoms with Crippen LogP contribution in [-0.2, 0) is 5.54 Å². The van der Waals surface area contributed by atoms with Crippen LogP contribution < -0.4 is 0 Å². The van der Waals surface area contributed by atoms with E-state index in [0.29, 0.717) is 5.54 Å². The highest BCUT2D eigenvalue weighted by Gasteiger charge is 2.39. The summed E-state index contributed by atoms with van der Waals surface area (Å²) >= 11 is 3.37. The molecule has 0 unspecified atom stereocenters. The molecule has 1 heterocycles. The van der Waals surface area contributed by atoms with Gasteiger partial charge in [0.2, 0.25) is 0 Å². The predicted octanol–water partition coefficient (Wildman–Crippen LogP) is 2.15. The molecule has 0 amide bonds. The normalized spacial score (nSPS) is 21.0. The number of hydrogen-bond donors (Lipinski definition) is 0. The zero-order chi connectivity index (χ0) is 7.19. The molecule has 0 spiro atoms. The molecular formula is C7H9BrN2. The standard InChI is InChI=1S/C7H9BrN2/c1-7(2-3-7)10-5-6(8)4-9-10/h4-5H,2-3H2,1H3. The minimum absolute atomic E-state index is 0.339. The maximum atomic E-state index is 4.22. The Kier molecular flexibility index (Phi) is 1.18. The van der Waals surface area contributed by atoms with E-state index in [0.717, 1.165) is 4.47 Å². The third kappa shape index (κ3) is 0.888. The highest BCUT2D eigenvalue weighted by molar-refractivity contribution is 9.10. The number of halogens is 1. The van der Waals surface area contributed by atoms with Crippen molar-refractivity contribution in [3.8, 4) is 0 Å². The van der Waals surface area contributed by atoms with Crippen molar-refractivity contribution >= 4 is 15.9 Å². The lowest BCUT2D eigenvalue weighted by atomic mass is 10.3. The summed E-state index contributed by atoms with van der Waals surface area (Å²) in [5.74, 6) is 0. The topological polar surface area (TPSA) is 17.8 Å². The van der Waals surface area contributed by atoms with Crippen LogP contribution in [0.3, 0.4) is 0 Å². The Morgan fingerprint density at radius 2 is 2.40 bits per heavy atom. The van der Waals surface area contributed by atoms with Gasteiger partial charge >= 0.3 is 0 Å². The van der Waals surface area contributed by atoms with E-state index in [4.69, 9.17) is 0 Å². The summed E-state index contributed by atoms with van der Waals surface area (Å²) < 4.78 is 3.11. The van der Waals surface area contributed by atoms with Gasteiger partial charge in [-0.3, -0.25) is 4.68 Å². The molecule has 1 aliphatic carbocycles. The van der Waals surface area contributed by atoms with Crippen LogP contribution in [0.15, 0.2) is 16.9 Å². The van der Waals surface area contributed by atoms with Gasteiger partial charge in [0.15, 0.2) is 0 Å². The van der Waals surface area contributed by atoms with Crippen molar-refractivity contribution in [3.05, 3.63) is 16.9 Å². The molecule has 0 bridgehead atoms. The van der Waals surface area contributed by atoms with Crippen molar-refractivity contribution in [3.63, 3.8) is 0 Å². The number of hydrogen-bond acceptors (Lipinski definition) is 1. The molecule has 0 N–H and O–H groups in total. The molecule has 1 saturated carbocycles. The molecule has 0 aliphatic heterocycles. The highest BCUT2D eigenvalue weighted by atomic mass is 79.9. The molecule has 54 valence electrons. The molecule has 0 aromatic carbocycles. The molecule has 0 saturated heterocycles. The van der Waals surface area contributed by atoms with Gasteiger partial charge < -0.3 is 0 Å². The van der Waals surface area contributed by atoms with E-state index in [1.54, 1.807) is 0 Å². The number of rotatable bonds is 1. The fraction of sp³-hybridized carbons (Fsp3) is 0.571. The lowest BCUT2D eigenvalue weighted by Crippen LogP contribution is -2.11. The summed E-state index contributed by atoms with van der Waals surface area (Å²) in [5.41, 5.74) is 0.339. The fourth-order valence-electron chi connectivity index (χ4n) is 1.01. The van der Waals surface area contributed by atoms with Gasteiger partial charge in [-0.2, -0.15) is 5.10 Å². The minimum Gasteiger partial charge on any atom is -0.266 e. The van der Waals surface area contributed by atoms with E-state index in [1.165, 1.54) is 12.8 Å². The quantitative estimate of drug-likeness (QED) is 0.680. The van der Waals surface area contributed by atoms with Crippen molar-refractivity contribution in [1.29, 1.82) is 0 Å². The zero-order valence-electron chi connectivity index (χ0n) is 5.84. The van der Waals surface area contributed by atoms with Gasteiger partial charge in [0.25, 0.3) is 0 Å². The maximum Gasteiger partial charge on any atom is 0.0632 e. The van der Waals surface area contributed by atoms with Gasteiger partial charge in [0.1, 0.15) is 0 Å². The SMILES string of the molecule is CC1(n2cc(Br)cn2)CC1. The summed E-state index contributed by atoms with van der Waals surface area (Å²) in [4.78, 5) is 0. The van der Waals surface area contributed by atoms with E-state index in [1.807, 2.05) is 17.1 Å². The van der Waals surface area contributed by atoms with Crippen molar-refractivity contribution in [2.75, 3.05) is 0 Å². The van der Waals surface area contributed by atoms with E-state index < -0.39 is 0 Å². The van der Waals surface area contributed by atoms with E-state index in [2.05, 4.69) is 28.0 Å². The Balaban J connectivity index is 2.34. The Morgan fingerprint density at radius 1 is 1.70 bits per heavy atom. The molecule has 10 heavy (non-hydrogen) atoms. The average molecular weight is 201 g/mol. The van der Waals surface area contributed by atoms with Crippen LogP contribution in [0, 0.1) is 0 Å². The first-order valence-electron chi connectivity index (χ1n) is 3.41. The fourth-order valence-corrected chi connectivity index (χ4v) is 1.29. The van der Waals surface area contributed by atoms with Gasteiger partial charge in [0.05, 0.1) is 16.2 Å². The van der Waals surface area contributed by atoms with Crippen molar-refractivity contribution in [2.45, 2.75) is 25.3 Å². The maximum absolute atomic E-state index is 4.22.